The van der Waals surface area contributed by atoms with Gasteiger partial charge in [0.2, 0.25) is 0 Å². The number of hydrogen-bond donors (Lipinski definition) is 2. The zero-order chi connectivity index (χ0) is 39.8. The molecule has 1 amide bonds. The van der Waals surface area contributed by atoms with Crippen LogP contribution in [0.4, 0.5) is 4.79 Å². The number of benzene rings is 3. The van der Waals surface area contributed by atoms with Crippen molar-refractivity contribution >= 4 is 22.6 Å². The van der Waals surface area contributed by atoms with Crippen LogP contribution in [0.2, 0.25) is 0 Å². The molecular formula is C49H59NO7. The van der Waals surface area contributed by atoms with Gasteiger partial charge in [0.15, 0.2) is 5.78 Å². The molecule has 0 heterocycles. The van der Waals surface area contributed by atoms with Gasteiger partial charge in [0.1, 0.15) is 17.2 Å². The monoisotopic (exact) mass is 773 g/mol. The van der Waals surface area contributed by atoms with E-state index < -0.39 is 22.5 Å². The summed E-state index contributed by atoms with van der Waals surface area (Å²) in [5, 5.41) is 26.4. The Labute approximate surface area is 337 Å². The molecule has 8 heteroatoms. The van der Waals surface area contributed by atoms with Crippen molar-refractivity contribution in [2.45, 2.75) is 109 Å². The van der Waals surface area contributed by atoms with E-state index in [2.05, 4.69) is 32.1 Å². The van der Waals surface area contributed by atoms with Gasteiger partial charge in [0, 0.05) is 39.4 Å². The normalized spacial score (nSPS) is 35.5. The van der Waals surface area contributed by atoms with E-state index in [4.69, 9.17) is 14.2 Å². The Kier molecular flexibility index (Phi) is 9.43. The van der Waals surface area contributed by atoms with Crippen LogP contribution in [0.5, 0.6) is 17.2 Å². The second kappa shape index (κ2) is 14.0. The molecule has 57 heavy (non-hydrogen) atoms. The lowest BCUT2D eigenvalue weighted by Gasteiger charge is -2.71. The Morgan fingerprint density at radius 2 is 1.51 bits per heavy atom. The molecule has 7 aliphatic rings. The van der Waals surface area contributed by atoms with Crippen molar-refractivity contribution in [1.82, 2.24) is 4.90 Å². The van der Waals surface area contributed by atoms with Crippen molar-refractivity contribution in [3.05, 3.63) is 90.0 Å². The molecule has 0 aromatic heterocycles. The van der Waals surface area contributed by atoms with E-state index in [1.807, 2.05) is 60.7 Å². The third-order valence-electron chi connectivity index (χ3n) is 16.4. The SMILES string of the molecule is COc1ccc(CN(C[C@]2(O)CC[C@H]3[C@]45C=C[C@@]6(C=C4C(=O)C4CCCCC4)CC(O)CC[C@]6(C)[C@H]5CC[C@@]32C)C(=O)Oc2ccc3ccccc3c2)c(OC)c1. The van der Waals surface area contributed by atoms with E-state index in [0.29, 0.717) is 35.9 Å². The molecule has 8 atom stereocenters. The maximum absolute atomic E-state index is 15.0. The molecule has 2 spiro atoms. The largest absolute Gasteiger partial charge is 0.497 e. The molecule has 3 aromatic carbocycles. The van der Waals surface area contributed by atoms with Crippen LogP contribution in [-0.4, -0.2) is 59.5 Å². The molecule has 0 aliphatic heterocycles. The standard InChI is InChI=1S/C49H59NO7/c1-45-21-18-36(51)28-47(45)24-25-49(39(29-47)43(52)33-11-6-5-7-12-33)41(45)19-22-46(2)42(49)20-23-48(46,54)31-50(30-35-15-16-37(55-3)27-40(35)56-4)44(53)57-38-17-14-32-10-8-9-13-34(32)26-38/h8-10,13-17,24-27,29,33,36,41-42,51,54H,5-7,11-12,18-23,28,30-31H2,1-4H3/t36?,41-,42-,45-,46+,47+,48-,49-/m1/s1. The Balaban J connectivity index is 1.09. The zero-order valence-electron chi connectivity index (χ0n) is 34.1. The van der Waals surface area contributed by atoms with Crippen molar-refractivity contribution < 1.29 is 34.0 Å². The highest BCUT2D eigenvalue weighted by Gasteiger charge is 2.74. The number of nitrogens with zero attached hydrogens (tertiary/aromatic N) is 1. The number of allylic oxidation sites excluding steroid dienone is 4. The molecule has 10 rings (SSSR count). The number of aliphatic hydroxyl groups excluding tert-OH is 1. The zero-order valence-corrected chi connectivity index (χ0v) is 34.1. The first kappa shape index (κ1) is 38.4. The second-order valence-electron chi connectivity index (χ2n) is 18.9. The topological polar surface area (TPSA) is 106 Å². The third kappa shape index (κ3) is 5.82. The predicted molar refractivity (Wildman–Crippen MR) is 220 cm³/mol. The van der Waals surface area contributed by atoms with Crippen LogP contribution in [0.3, 0.4) is 0 Å². The van der Waals surface area contributed by atoms with E-state index in [0.717, 1.165) is 79.7 Å². The van der Waals surface area contributed by atoms with Crippen LogP contribution in [-0.2, 0) is 11.3 Å². The first-order valence-corrected chi connectivity index (χ1v) is 21.4. The Hall–Kier alpha value is -4.14. The molecule has 8 nitrogen and oxygen atoms in total. The van der Waals surface area contributed by atoms with E-state index in [1.165, 1.54) is 6.42 Å². The molecule has 2 bridgehead atoms. The summed E-state index contributed by atoms with van der Waals surface area (Å²) >= 11 is 0. The molecule has 3 aromatic rings. The Morgan fingerprint density at radius 1 is 0.789 bits per heavy atom. The molecule has 0 saturated heterocycles. The van der Waals surface area contributed by atoms with Crippen molar-refractivity contribution in [2.24, 2.45) is 39.4 Å². The summed E-state index contributed by atoms with van der Waals surface area (Å²) in [4.78, 5) is 31.2. The number of hydrogen-bond acceptors (Lipinski definition) is 7. The van der Waals surface area contributed by atoms with E-state index in [9.17, 15) is 15.0 Å². The number of amides is 1. The van der Waals surface area contributed by atoms with E-state index in [1.54, 1.807) is 19.1 Å². The van der Waals surface area contributed by atoms with Crippen LogP contribution < -0.4 is 14.2 Å². The third-order valence-corrected chi connectivity index (χ3v) is 16.4. The molecule has 2 N–H and O–H groups in total. The van der Waals surface area contributed by atoms with Gasteiger partial charge in [-0.2, -0.15) is 0 Å². The number of carbonyl (C=O) groups excluding carboxylic acids is 2. The number of ketones is 1. The maximum atomic E-state index is 15.0. The Bertz CT molecular complexity index is 2140. The van der Waals surface area contributed by atoms with Gasteiger partial charge in [-0.15, -0.1) is 0 Å². The second-order valence-corrected chi connectivity index (χ2v) is 18.9. The highest BCUT2D eigenvalue weighted by molar-refractivity contribution is 6.00. The van der Waals surface area contributed by atoms with Crippen LogP contribution in [0, 0.1) is 39.4 Å². The fraction of sp³-hybridized carbons (Fsp3) is 0.551. The van der Waals surface area contributed by atoms with Crippen molar-refractivity contribution in [3.63, 3.8) is 0 Å². The van der Waals surface area contributed by atoms with Gasteiger partial charge < -0.3 is 29.3 Å². The minimum Gasteiger partial charge on any atom is -0.497 e. The number of carbonyl (C=O) groups is 2. The summed E-state index contributed by atoms with van der Waals surface area (Å²) in [6.07, 6.45) is 16.6. The number of aliphatic hydroxyl groups is 2. The van der Waals surface area contributed by atoms with Crippen LogP contribution in [0.25, 0.3) is 10.8 Å². The molecule has 302 valence electrons. The lowest BCUT2D eigenvalue weighted by molar-refractivity contribution is -0.178. The van der Waals surface area contributed by atoms with Gasteiger partial charge in [0.05, 0.1) is 39.0 Å². The quantitative estimate of drug-likeness (QED) is 0.209. The summed E-state index contributed by atoms with van der Waals surface area (Å²) in [6, 6.07) is 19.2. The summed E-state index contributed by atoms with van der Waals surface area (Å²) in [5.74, 6) is 2.22. The van der Waals surface area contributed by atoms with Gasteiger partial charge in [-0.1, -0.05) is 81.7 Å². The lowest BCUT2D eigenvalue weighted by Crippen LogP contribution is -2.67. The highest BCUT2D eigenvalue weighted by Crippen LogP contribution is 2.78. The smallest absolute Gasteiger partial charge is 0.415 e. The van der Waals surface area contributed by atoms with Crippen molar-refractivity contribution in [3.8, 4) is 17.2 Å². The lowest BCUT2D eigenvalue weighted by atomic mass is 9.32. The van der Waals surface area contributed by atoms with Gasteiger partial charge in [-0.3, -0.25) is 4.79 Å². The Morgan fingerprint density at radius 3 is 2.28 bits per heavy atom. The first-order chi connectivity index (χ1) is 27.4. The molecule has 4 saturated carbocycles. The number of fused-ring (bicyclic) bond motifs is 2. The van der Waals surface area contributed by atoms with Gasteiger partial charge in [0.25, 0.3) is 0 Å². The predicted octanol–water partition coefficient (Wildman–Crippen LogP) is 9.60. The highest BCUT2D eigenvalue weighted by atomic mass is 16.6. The summed E-state index contributed by atoms with van der Waals surface area (Å²) in [5.41, 5.74) is -1.09. The first-order valence-electron chi connectivity index (χ1n) is 21.4. The molecule has 1 unspecified atom stereocenters. The maximum Gasteiger partial charge on any atom is 0.415 e. The molecule has 0 radical (unpaired) electrons. The van der Waals surface area contributed by atoms with Crippen molar-refractivity contribution in [1.29, 1.82) is 0 Å². The summed E-state index contributed by atoms with van der Waals surface area (Å²) in [7, 11) is 3.21. The fourth-order valence-corrected chi connectivity index (χ4v) is 13.3. The average Bonchev–Trinajstić information content (AvgIpc) is 3.50. The number of rotatable bonds is 9. The van der Waals surface area contributed by atoms with Crippen LogP contribution in [0.1, 0.15) is 96.5 Å². The number of methoxy groups -OCH3 is 2. The minimum absolute atomic E-state index is 0.000328. The van der Waals surface area contributed by atoms with Gasteiger partial charge in [-0.05, 0) is 110 Å². The van der Waals surface area contributed by atoms with Crippen LogP contribution >= 0.6 is 0 Å². The van der Waals surface area contributed by atoms with Crippen molar-refractivity contribution in [2.75, 3.05) is 20.8 Å². The van der Waals surface area contributed by atoms with E-state index >= 15 is 4.79 Å². The minimum atomic E-state index is -1.26. The van der Waals surface area contributed by atoms with Crippen LogP contribution in [0.15, 0.2) is 84.5 Å². The molecular weight excluding hydrogens is 715 g/mol. The van der Waals surface area contributed by atoms with Gasteiger partial charge >= 0.3 is 6.09 Å². The number of ether oxygens (including phenoxy) is 3. The summed E-state index contributed by atoms with van der Waals surface area (Å²) < 4.78 is 17.4. The molecule has 4 fully saturated rings. The number of Topliss-reactive ketones (excluding diaryl/α,β-unsaturated/α-hetero) is 1. The van der Waals surface area contributed by atoms with Gasteiger partial charge in [-0.25, -0.2) is 4.79 Å². The molecule has 7 aliphatic carbocycles. The summed E-state index contributed by atoms with van der Waals surface area (Å²) in [6.45, 7) is 4.88. The average molecular weight is 774 g/mol. The fourth-order valence-electron chi connectivity index (χ4n) is 13.3. The van der Waals surface area contributed by atoms with E-state index in [-0.39, 0.29) is 47.8 Å².